The maximum absolute atomic E-state index is 12.8. The van der Waals surface area contributed by atoms with Crippen molar-refractivity contribution >= 4 is 25.7 Å². The lowest BCUT2D eigenvalue weighted by Crippen LogP contribution is -2.30. The highest BCUT2D eigenvalue weighted by Gasteiger charge is 2.28. The van der Waals surface area contributed by atoms with Crippen molar-refractivity contribution in [3.8, 4) is 0 Å². The molecular formula is C54H95O11P. The average molecular weight is 951 g/mol. The molecule has 382 valence electrons. The van der Waals surface area contributed by atoms with Gasteiger partial charge in [0, 0.05) is 19.3 Å². The lowest BCUT2D eigenvalue weighted by Gasteiger charge is -2.21. The van der Waals surface area contributed by atoms with E-state index in [1.54, 1.807) is 0 Å². The Morgan fingerprint density at radius 3 is 1.24 bits per heavy atom. The predicted molar refractivity (Wildman–Crippen MR) is 270 cm³/mol. The molecule has 0 spiro atoms. The summed E-state index contributed by atoms with van der Waals surface area (Å²) in [5.74, 6) is -1.51. The summed E-state index contributed by atoms with van der Waals surface area (Å²) in [5.41, 5.74) is 0. The molecule has 0 aromatic rings. The van der Waals surface area contributed by atoms with Crippen LogP contribution in [0, 0.1) is 0 Å². The Morgan fingerprint density at radius 2 is 0.788 bits per heavy atom. The molecule has 0 saturated heterocycles. The number of unbranched alkanes of at least 4 members (excludes halogenated alkanes) is 21. The zero-order valence-corrected chi connectivity index (χ0v) is 42.8. The second-order valence-corrected chi connectivity index (χ2v) is 18.8. The molecule has 0 aromatic heterocycles. The zero-order valence-electron chi connectivity index (χ0n) is 41.9. The van der Waals surface area contributed by atoms with Gasteiger partial charge >= 0.3 is 25.7 Å². The third-order valence-corrected chi connectivity index (χ3v) is 11.8. The van der Waals surface area contributed by atoms with Crippen LogP contribution in [0.5, 0.6) is 0 Å². The molecule has 0 amide bonds. The van der Waals surface area contributed by atoms with Gasteiger partial charge in [0.15, 0.2) is 6.10 Å². The Kier molecular flexibility index (Phi) is 46.6. The zero-order chi connectivity index (χ0) is 48.4. The number of aliphatic hydroxyl groups is 1. The molecule has 0 aliphatic carbocycles. The monoisotopic (exact) mass is 951 g/mol. The van der Waals surface area contributed by atoms with Crippen LogP contribution >= 0.6 is 7.82 Å². The number of carbonyl (C=O) groups excluding carboxylic acids is 3. The van der Waals surface area contributed by atoms with Gasteiger partial charge in [-0.3, -0.25) is 23.4 Å². The number of carbonyl (C=O) groups is 3. The van der Waals surface area contributed by atoms with E-state index in [9.17, 15) is 28.9 Å². The van der Waals surface area contributed by atoms with Crippen molar-refractivity contribution in [2.24, 2.45) is 0 Å². The van der Waals surface area contributed by atoms with Gasteiger partial charge in [-0.25, -0.2) is 4.57 Å². The third-order valence-electron chi connectivity index (χ3n) is 10.9. The van der Waals surface area contributed by atoms with Crippen LogP contribution in [0.1, 0.15) is 226 Å². The van der Waals surface area contributed by atoms with E-state index in [1.165, 1.54) is 32.1 Å². The topological polar surface area (TPSA) is 155 Å². The Balaban J connectivity index is 4.79. The van der Waals surface area contributed by atoms with Gasteiger partial charge in [-0.2, -0.15) is 0 Å². The molecule has 12 heteroatoms. The normalized spacial score (nSPS) is 14.0. The van der Waals surface area contributed by atoms with Crippen LogP contribution in [0.4, 0.5) is 0 Å². The van der Waals surface area contributed by atoms with Gasteiger partial charge in [-0.15, -0.1) is 0 Å². The van der Waals surface area contributed by atoms with E-state index in [0.29, 0.717) is 19.3 Å². The van der Waals surface area contributed by atoms with Gasteiger partial charge in [0.25, 0.3) is 0 Å². The van der Waals surface area contributed by atoms with E-state index in [1.807, 2.05) is 0 Å². The maximum atomic E-state index is 12.8. The minimum atomic E-state index is -4.75. The van der Waals surface area contributed by atoms with Crippen molar-refractivity contribution in [3.05, 3.63) is 60.8 Å². The molecule has 0 saturated carbocycles. The molecule has 0 radical (unpaired) electrons. The molecule has 0 bridgehead atoms. The van der Waals surface area contributed by atoms with E-state index >= 15 is 0 Å². The van der Waals surface area contributed by atoms with Gasteiger partial charge in [0.1, 0.15) is 12.7 Å². The van der Waals surface area contributed by atoms with Crippen LogP contribution in [-0.2, 0) is 42.2 Å². The van der Waals surface area contributed by atoms with E-state index in [0.717, 1.165) is 135 Å². The van der Waals surface area contributed by atoms with E-state index in [2.05, 4.69) is 81.5 Å². The van der Waals surface area contributed by atoms with Gasteiger partial charge in [-0.05, 0) is 96.3 Å². The second kappa shape index (κ2) is 48.6. The summed E-state index contributed by atoms with van der Waals surface area (Å²) >= 11 is 0. The molecule has 0 heterocycles. The molecule has 2 N–H and O–H groups in total. The van der Waals surface area contributed by atoms with Crippen LogP contribution in [0.25, 0.3) is 0 Å². The lowest BCUT2D eigenvalue weighted by atomic mass is 10.1. The summed E-state index contributed by atoms with van der Waals surface area (Å²) in [7, 11) is -4.75. The standard InChI is InChI=1S/C54H95O11P/c1-4-7-10-13-16-19-22-24-25-27-29-31-34-37-40-43-52(56)61-47-51(65-54(58)45-42-39-36-33-30-26-23-20-17-14-11-8-5-2)49-63-66(59,60)62-48-50(46-55)64-53(57)44-41-38-35-32-28-21-18-15-12-9-6-3/h11,14-16,18-20,23-25,50-51,55H,4-10,12-13,17,21-22,26-49H2,1-3H3,(H,59,60)/b14-11-,18-15-,19-16-,23-20-,25-24-. The Bertz CT molecular complexity index is 1340. The highest BCUT2D eigenvalue weighted by molar-refractivity contribution is 7.47. The summed E-state index contributed by atoms with van der Waals surface area (Å²) in [6.45, 7) is 4.46. The number of aliphatic hydroxyl groups excluding tert-OH is 1. The quantitative estimate of drug-likeness (QED) is 0.0197. The third kappa shape index (κ3) is 46.3. The van der Waals surface area contributed by atoms with Crippen molar-refractivity contribution in [2.45, 2.75) is 238 Å². The van der Waals surface area contributed by atoms with Crippen LogP contribution in [0.3, 0.4) is 0 Å². The first-order chi connectivity index (χ1) is 32.2. The molecule has 3 atom stereocenters. The first kappa shape index (κ1) is 63.2. The molecule has 0 fully saturated rings. The fraction of sp³-hybridized carbons (Fsp3) is 0.759. The average Bonchev–Trinajstić information content (AvgIpc) is 3.30. The second-order valence-electron chi connectivity index (χ2n) is 17.3. The fourth-order valence-corrected chi connectivity index (χ4v) is 7.60. The van der Waals surface area contributed by atoms with Crippen molar-refractivity contribution in [3.63, 3.8) is 0 Å². The molecule has 66 heavy (non-hydrogen) atoms. The number of phosphoric acid groups is 1. The van der Waals surface area contributed by atoms with E-state index < -0.39 is 57.8 Å². The summed E-state index contributed by atoms with van der Waals surface area (Å²) in [4.78, 5) is 48.3. The Labute approximate surface area is 402 Å². The highest BCUT2D eigenvalue weighted by Crippen LogP contribution is 2.43. The number of phosphoric ester groups is 1. The lowest BCUT2D eigenvalue weighted by molar-refractivity contribution is -0.161. The number of allylic oxidation sites excluding steroid dienone is 10. The molecule has 3 unspecified atom stereocenters. The van der Waals surface area contributed by atoms with Crippen LogP contribution in [0.2, 0.25) is 0 Å². The molecular weight excluding hydrogens is 856 g/mol. The molecule has 0 aromatic carbocycles. The fourth-order valence-electron chi connectivity index (χ4n) is 6.82. The summed E-state index contributed by atoms with van der Waals surface area (Å²) in [5, 5.41) is 9.76. The number of rotatable bonds is 48. The van der Waals surface area contributed by atoms with Crippen molar-refractivity contribution in [2.75, 3.05) is 26.4 Å². The van der Waals surface area contributed by atoms with Crippen molar-refractivity contribution in [1.29, 1.82) is 0 Å². The minimum absolute atomic E-state index is 0.147. The first-order valence-electron chi connectivity index (χ1n) is 26.2. The number of ether oxygens (including phenoxy) is 3. The largest absolute Gasteiger partial charge is 0.472 e. The number of hydrogen-bond acceptors (Lipinski definition) is 10. The molecule has 0 rings (SSSR count). The van der Waals surface area contributed by atoms with E-state index in [4.69, 9.17) is 23.3 Å². The first-order valence-corrected chi connectivity index (χ1v) is 27.7. The number of hydrogen-bond donors (Lipinski definition) is 2. The smallest absolute Gasteiger partial charge is 0.462 e. The summed E-state index contributed by atoms with van der Waals surface area (Å²) in [6.07, 6.45) is 50.4. The molecule has 0 aliphatic rings. The maximum Gasteiger partial charge on any atom is 0.472 e. The Morgan fingerprint density at radius 1 is 0.424 bits per heavy atom. The van der Waals surface area contributed by atoms with Crippen molar-refractivity contribution < 1.29 is 52.2 Å². The predicted octanol–water partition coefficient (Wildman–Crippen LogP) is 14.8. The van der Waals surface area contributed by atoms with Crippen LogP contribution < -0.4 is 0 Å². The van der Waals surface area contributed by atoms with Gasteiger partial charge in [-0.1, -0.05) is 171 Å². The summed E-state index contributed by atoms with van der Waals surface area (Å²) in [6, 6.07) is 0. The SMILES string of the molecule is CCC/C=C\C/C=C\CCCCCCCC(=O)OC(COC(=O)CCCCCCC/C=C\C/C=C\CCCCC)COP(=O)(O)OCC(CO)OC(=O)CCCCCCC/C=C\CCCC. The Hall–Kier alpha value is -2.82. The van der Waals surface area contributed by atoms with Gasteiger partial charge in [0.2, 0.25) is 0 Å². The highest BCUT2D eigenvalue weighted by atomic mass is 31.2. The molecule has 11 nitrogen and oxygen atoms in total. The summed E-state index contributed by atoms with van der Waals surface area (Å²) < 4.78 is 39.3. The van der Waals surface area contributed by atoms with Crippen LogP contribution in [0.15, 0.2) is 60.8 Å². The van der Waals surface area contributed by atoms with Crippen LogP contribution in [-0.4, -0.2) is 66.5 Å². The molecule has 0 aliphatic heterocycles. The van der Waals surface area contributed by atoms with Gasteiger partial charge < -0.3 is 24.2 Å². The van der Waals surface area contributed by atoms with E-state index in [-0.39, 0.29) is 25.9 Å². The number of esters is 3. The van der Waals surface area contributed by atoms with Crippen molar-refractivity contribution in [1.82, 2.24) is 0 Å². The van der Waals surface area contributed by atoms with Gasteiger partial charge in [0.05, 0.1) is 19.8 Å². The minimum Gasteiger partial charge on any atom is -0.462 e.